The fraction of sp³-hybridized carbons (Fsp3) is 0.0357. The topological polar surface area (TPSA) is 161 Å². The van der Waals surface area contributed by atoms with Crippen molar-refractivity contribution in [2.45, 2.75) is 6.92 Å². The van der Waals surface area contributed by atoms with Crippen molar-refractivity contribution >= 4 is 11.4 Å². The maximum absolute atomic E-state index is 15.4. The molecule has 0 atom stereocenters. The summed E-state index contributed by atoms with van der Waals surface area (Å²) in [6.45, 7) is 1.48. The highest BCUT2D eigenvalue weighted by atomic mass is 19.1. The Morgan fingerprint density at radius 1 is 0.692 bits per heavy atom. The monoisotopic (exact) mass is 515 g/mol. The molecule has 3 aromatic carbocycles. The molecule has 0 aliphatic carbocycles. The quantitative estimate of drug-likeness (QED) is 0.410. The van der Waals surface area contributed by atoms with Gasteiger partial charge in [-0.2, -0.15) is 26.3 Å². The number of hydrogen-bond acceptors (Lipinski definition) is 9. The summed E-state index contributed by atoms with van der Waals surface area (Å²) in [5.41, 5.74) is 0.0250. The summed E-state index contributed by atoms with van der Waals surface area (Å²) in [6.07, 6.45) is 0. The Morgan fingerprint density at radius 2 is 1.15 bits per heavy atom. The van der Waals surface area contributed by atoms with Gasteiger partial charge in [0, 0.05) is 11.1 Å². The van der Waals surface area contributed by atoms with Crippen LogP contribution in [0.4, 0.5) is 20.2 Å². The molecule has 11 heteroatoms. The molecule has 9 nitrogen and oxygen atoms in total. The SMILES string of the molecule is C/C(C#N)=C1\Nc2c(c(-c3ccc(C#N)cc3F)c3c(c2-c2ccc(C#N)cc2F)OC(=C(C#N)C#N)N3)O1. The maximum Gasteiger partial charge on any atom is 0.226 e. The molecule has 0 fully saturated rings. The van der Waals surface area contributed by atoms with Gasteiger partial charge in [-0.15, -0.1) is 0 Å². The van der Waals surface area contributed by atoms with E-state index >= 15 is 8.78 Å². The number of anilines is 2. The van der Waals surface area contributed by atoms with Crippen LogP contribution in [0.5, 0.6) is 11.5 Å². The van der Waals surface area contributed by atoms with Gasteiger partial charge in [0.1, 0.15) is 23.8 Å². The van der Waals surface area contributed by atoms with E-state index in [0.29, 0.717) is 0 Å². The van der Waals surface area contributed by atoms with Crippen molar-refractivity contribution in [3.63, 3.8) is 0 Å². The molecule has 3 aromatic rings. The summed E-state index contributed by atoms with van der Waals surface area (Å²) >= 11 is 0. The van der Waals surface area contributed by atoms with Crippen molar-refractivity contribution in [2.24, 2.45) is 0 Å². The average molecular weight is 515 g/mol. The standard InChI is InChI=1S/C28H11F2N7O2/c1-13(8-31)27-36-23-21(17-4-2-14(9-32)6-19(17)29)26-24(37-28(39-26)16(11-34)12-35)22(25(23)38-27)18-5-3-15(10-33)7-20(18)30/h2-7,36-37H,1H3/b27-13-. The Bertz CT molecular complexity index is 1790. The van der Waals surface area contributed by atoms with Crippen LogP contribution in [0, 0.1) is 68.3 Å². The van der Waals surface area contributed by atoms with Crippen molar-refractivity contribution in [2.75, 3.05) is 10.6 Å². The van der Waals surface area contributed by atoms with E-state index in [0.717, 1.165) is 12.1 Å². The van der Waals surface area contributed by atoms with Gasteiger partial charge in [-0.1, -0.05) is 0 Å². The molecular formula is C28H11F2N7O2. The van der Waals surface area contributed by atoms with Gasteiger partial charge in [-0.3, -0.25) is 0 Å². The van der Waals surface area contributed by atoms with Crippen LogP contribution in [0.2, 0.25) is 0 Å². The van der Waals surface area contributed by atoms with E-state index in [1.807, 2.05) is 18.2 Å². The number of rotatable bonds is 2. The molecule has 5 rings (SSSR count). The van der Waals surface area contributed by atoms with Crippen LogP contribution in [-0.2, 0) is 0 Å². The highest BCUT2D eigenvalue weighted by Gasteiger charge is 2.39. The van der Waals surface area contributed by atoms with Crippen molar-refractivity contribution in [3.8, 4) is 64.1 Å². The Balaban J connectivity index is 1.93. The number of benzene rings is 3. The molecule has 39 heavy (non-hydrogen) atoms. The number of nitrogens with one attached hydrogen (secondary N) is 2. The smallest absolute Gasteiger partial charge is 0.226 e. The van der Waals surface area contributed by atoms with E-state index in [4.69, 9.17) is 9.47 Å². The molecule has 184 valence electrons. The predicted octanol–water partition coefficient (Wildman–Crippen LogP) is 5.66. The minimum absolute atomic E-state index is 0.00599. The van der Waals surface area contributed by atoms with Crippen LogP contribution in [0.25, 0.3) is 22.3 Å². The summed E-state index contributed by atoms with van der Waals surface area (Å²) in [7, 11) is 0. The highest BCUT2D eigenvalue weighted by Crippen LogP contribution is 2.60. The average Bonchev–Trinajstić information content (AvgIpc) is 3.58. The number of hydrogen-bond donors (Lipinski definition) is 2. The Kier molecular flexibility index (Phi) is 5.78. The number of nitrogens with zero attached hydrogens (tertiary/aromatic N) is 5. The summed E-state index contributed by atoms with van der Waals surface area (Å²) in [5, 5.41) is 52.4. The van der Waals surface area contributed by atoms with Crippen molar-refractivity contribution < 1.29 is 18.3 Å². The number of halogens is 2. The van der Waals surface area contributed by atoms with Gasteiger partial charge >= 0.3 is 0 Å². The van der Waals surface area contributed by atoms with Crippen LogP contribution in [0.1, 0.15) is 18.1 Å². The Labute approximate surface area is 219 Å². The number of allylic oxidation sites excluding steroid dienone is 2. The second kappa shape index (κ2) is 9.26. The molecule has 0 saturated carbocycles. The molecule has 2 N–H and O–H groups in total. The summed E-state index contributed by atoms with van der Waals surface area (Å²) in [6, 6.07) is 16.6. The van der Waals surface area contributed by atoms with Crippen molar-refractivity contribution in [1.29, 1.82) is 26.3 Å². The molecule has 2 aliphatic heterocycles. The number of fused-ring (bicyclic) bond motifs is 2. The molecule has 2 aliphatic rings. The fourth-order valence-electron chi connectivity index (χ4n) is 4.18. The van der Waals surface area contributed by atoms with Gasteiger partial charge in [-0.25, -0.2) is 8.78 Å². The summed E-state index contributed by atoms with van der Waals surface area (Å²) < 4.78 is 42.6. The first kappa shape index (κ1) is 24.3. The lowest BCUT2D eigenvalue weighted by molar-refractivity contribution is 0.451. The Hall–Kier alpha value is -6.35. The van der Waals surface area contributed by atoms with Gasteiger partial charge in [-0.05, 0) is 43.3 Å². The van der Waals surface area contributed by atoms with Crippen LogP contribution >= 0.6 is 0 Å². The lowest BCUT2D eigenvalue weighted by atomic mass is 9.92. The van der Waals surface area contributed by atoms with Crippen LogP contribution in [0.3, 0.4) is 0 Å². The lowest BCUT2D eigenvalue weighted by Crippen LogP contribution is -2.02. The van der Waals surface area contributed by atoms with Crippen molar-refractivity contribution in [1.82, 2.24) is 0 Å². The second-order valence-corrected chi connectivity index (χ2v) is 8.22. The molecule has 0 bridgehead atoms. The molecular weight excluding hydrogens is 504 g/mol. The van der Waals surface area contributed by atoms with Gasteiger partial charge in [0.2, 0.25) is 11.8 Å². The maximum atomic E-state index is 15.4. The highest BCUT2D eigenvalue weighted by molar-refractivity contribution is 6.05. The normalized spacial score (nSPS) is 13.4. The van der Waals surface area contributed by atoms with E-state index in [1.165, 1.54) is 31.2 Å². The third-order valence-electron chi connectivity index (χ3n) is 5.99. The summed E-state index contributed by atoms with van der Waals surface area (Å²) in [5.74, 6) is -1.93. The van der Waals surface area contributed by atoms with E-state index < -0.39 is 17.2 Å². The number of nitriles is 5. The molecule has 0 aromatic heterocycles. The largest absolute Gasteiger partial charge is 0.437 e. The fourth-order valence-corrected chi connectivity index (χ4v) is 4.18. The van der Waals surface area contributed by atoms with E-state index in [1.54, 1.807) is 12.1 Å². The third-order valence-corrected chi connectivity index (χ3v) is 5.99. The van der Waals surface area contributed by atoms with Gasteiger partial charge in [0.05, 0.1) is 57.4 Å². The minimum atomic E-state index is -0.797. The van der Waals surface area contributed by atoms with Crippen molar-refractivity contribution in [3.05, 3.63) is 82.1 Å². The van der Waals surface area contributed by atoms with Crippen LogP contribution in [0.15, 0.2) is 59.3 Å². The van der Waals surface area contributed by atoms with Crippen LogP contribution < -0.4 is 20.1 Å². The predicted molar refractivity (Wildman–Crippen MR) is 132 cm³/mol. The van der Waals surface area contributed by atoms with Gasteiger partial charge < -0.3 is 20.1 Å². The second-order valence-electron chi connectivity index (χ2n) is 8.22. The van der Waals surface area contributed by atoms with E-state index in [2.05, 4.69) is 10.6 Å². The molecule has 0 spiro atoms. The zero-order chi connectivity index (χ0) is 27.8. The first-order valence-electron chi connectivity index (χ1n) is 11.0. The lowest BCUT2D eigenvalue weighted by Gasteiger charge is -2.17. The Morgan fingerprint density at radius 3 is 1.56 bits per heavy atom. The molecule has 2 heterocycles. The van der Waals surface area contributed by atoms with E-state index in [-0.39, 0.29) is 73.6 Å². The summed E-state index contributed by atoms with van der Waals surface area (Å²) in [4.78, 5) is 0. The van der Waals surface area contributed by atoms with E-state index in [9.17, 15) is 26.3 Å². The molecule has 0 radical (unpaired) electrons. The molecule has 0 amide bonds. The minimum Gasteiger partial charge on any atom is -0.437 e. The number of ether oxygens (including phenoxy) is 2. The molecule has 0 saturated heterocycles. The van der Waals surface area contributed by atoms with Gasteiger partial charge in [0.15, 0.2) is 17.1 Å². The first-order chi connectivity index (χ1) is 18.8. The third kappa shape index (κ3) is 3.79. The van der Waals surface area contributed by atoms with Gasteiger partial charge in [0.25, 0.3) is 0 Å². The first-order valence-corrected chi connectivity index (χ1v) is 11.0. The molecule has 0 unspecified atom stereocenters. The zero-order valence-corrected chi connectivity index (χ0v) is 19.8. The van der Waals surface area contributed by atoms with Crippen LogP contribution in [-0.4, -0.2) is 0 Å². The zero-order valence-electron chi connectivity index (χ0n) is 19.8.